The third-order valence-electron chi connectivity index (χ3n) is 4.18. The van der Waals surface area contributed by atoms with Crippen LogP contribution in [-0.2, 0) is 33.3 Å². The number of rotatable bonds is 6. The van der Waals surface area contributed by atoms with Crippen molar-refractivity contribution < 1.29 is 9.52 Å². The van der Waals surface area contributed by atoms with E-state index in [9.17, 15) is 5.11 Å². The van der Waals surface area contributed by atoms with Crippen LogP contribution in [0.5, 0.6) is 0 Å². The van der Waals surface area contributed by atoms with Gasteiger partial charge in [0.05, 0.1) is 6.67 Å². The van der Waals surface area contributed by atoms with Gasteiger partial charge in [-0.15, -0.1) is 0 Å². The third kappa shape index (κ3) is 3.02. The van der Waals surface area contributed by atoms with Crippen LogP contribution in [0, 0.1) is 4.77 Å². The van der Waals surface area contributed by atoms with Crippen LogP contribution in [0.4, 0.5) is 0 Å². The van der Waals surface area contributed by atoms with Gasteiger partial charge in [-0.25, -0.2) is 4.68 Å². The number of benzene rings is 1. The van der Waals surface area contributed by atoms with Gasteiger partial charge in [0.15, 0.2) is 10.6 Å². The minimum Gasteiger partial charge on any atom is -0.461 e. The molecule has 7 heteroatoms. The summed E-state index contributed by atoms with van der Waals surface area (Å²) in [5.74, 6) is 1.58. The first kappa shape index (κ1) is 16.9. The van der Waals surface area contributed by atoms with Crippen molar-refractivity contribution in [2.45, 2.75) is 33.2 Å². The Hall–Kier alpha value is -1.96. The van der Waals surface area contributed by atoms with Gasteiger partial charge < -0.3 is 14.1 Å². The standard InChI is InChI=1S/C17H22N4O2S/c1-4-14-13(12-7-5-6-8-15(12)23-14)9-19(2)11-21-17(24)20(3)16(10-22)18-21/h5-8,22H,4,9-11H2,1-3H3. The molecule has 24 heavy (non-hydrogen) atoms. The summed E-state index contributed by atoms with van der Waals surface area (Å²) in [5, 5.41) is 14.8. The van der Waals surface area contributed by atoms with Crippen molar-refractivity contribution in [2.75, 3.05) is 7.05 Å². The number of aromatic nitrogens is 3. The molecule has 0 spiro atoms. The van der Waals surface area contributed by atoms with E-state index >= 15 is 0 Å². The van der Waals surface area contributed by atoms with Gasteiger partial charge in [0.25, 0.3) is 0 Å². The number of furan rings is 1. The highest BCUT2D eigenvalue weighted by Gasteiger charge is 2.15. The SMILES string of the molecule is CCc1oc2ccccc2c1CN(C)Cn1nc(CO)n(C)c1=S. The first-order valence-corrected chi connectivity index (χ1v) is 8.37. The van der Waals surface area contributed by atoms with Crippen molar-refractivity contribution in [2.24, 2.45) is 7.05 Å². The molecule has 0 atom stereocenters. The van der Waals surface area contributed by atoms with Crippen molar-refractivity contribution in [1.82, 2.24) is 19.2 Å². The van der Waals surface area contributed by atoms with Gasteiger partial charge in [0, 0.05) is 31.0 Å². The highest BCUT2D eigenvalue weighted by molar-refractivity contribution is 7.71. The lowest BCUT2D eigenvalue weighted by molar-refractivity contribution is 0.237. The fraction of sp³-hybridized carbons (Fsp3) is 0.412. The van der Waals surface area contributed by atoms with Crippen molar-refractivity contribution in [3.05, 3.63) is 46.2 Å². The molecule has 0 bridgehead atoms. The molecule has 0 radical (unpaired) electrons. The van der Waals surface area contributed by atoms with E-state index < -0.39 is 0 Å². The van der Waals surface area contributed by atoms with Gasteiger partial charge in [-0.2, -0.15) is 5.10 Å². The molecule has 3 aromatic rings. The molecule has 0 aliphatic rings. The first-order valence-electron chi connectivity index (χ1n) is 7.96. The van der Waals surface area contributed by atoms with Crippen LogP contribution in [0.1, 0.15) is 24.1 Å². The van der Waals surface area contributed by atoms with E-state index in [2.05, 4.69) is 23.0 Å². The molecule has 3 rings (SSSR count). The second kappa shape index (κ2) is 6.88. The third-order valence-corrected chi connectivity index (χ3v) is 4.66. The summed E-state index contributed by atoms with van der Waals surface area (Å²) in [6, 6.07) is 8.11. The number of hydrogen-bond donors (Lipinski definition) is 1. The van der Waals surface area contributed by atoms with Crippen molar-refractivity contribution in [3.63, 3.8) is 0 Å². The summed E-state index contributed by atoms with van der Waals surface area (Å²) in [4.78, 5) is 2.14. The number of nitrogens with zero attached hydrogens (tertiary/aromatic N) is 4. The Labute approximate surface area is 145 Å². The zero-order valence-electron chi connectivity index (χ0n) is 14.2. The van der Waals surface area contributed by atoms with Gasteiger partial charge in [0.2, 0.25) is 0 Å². The number of para-hydroxylation sites is 1. The Morgan fingerprint density at radius 3 is 2.75 bits per heavy atom. The summed E-state index contributed by atoms with van der Waals surface area (Å²) < 4.78 is 10.0. The van der Waals surface area contributed by atoms with Crippen LogP contribution < -0.4 is 0 Å². The fourth-order valence-corrected chi connectivity index (χ4v) is 3.12. The van der Waals surface area contributed by atoms with Crippen LogP contribution in [0.2, 0.25) is 0 Å². The number of aryl methyl sites for hydroxylation is 1. The molecule has 6 nitrogen and oxygen atoms in total. The van der Waals surface area contributed by atoms with Crippen molar-refractivity contribution in [1.29, 1.82) is 0 Å². The molecule has 0 fully saturated rings. The molecule has 1 N–H and O–H groups in total. The molecular formula is C17H22N4O2S. The maximum atomic E-state index is 9.32. The highest BCUT2D eigenvalue weighted by atomic mass is 32.1. The summed E-state index contributed by atoms with van der Waals surface area (Å²) in [5.41, 5.74) is 2.13. The van der Waals surface area contributed by atoms with Crippen molar-refractivity contribution >= 4 is 23.2 Å². The zero-order chi connectivity index (χ0) is 17.3. The largest absolute Gasteiger partial charge is 0.461 e. The van der Waals surface area contributed by atoms with Crippen LogP contribution in [0.3, 0.4) is 0 Å². The van der Waals surface area contributed by atoms with E-state index in [0.717, 1.165) is 29.7 Å². The molecule has 2 heterocycles. The number of aliphatic hydroxyl groups excluding tert-OH is 1. The molecule has 128 valence electrons. The van der Waals surface area contributed by atoms with E-state index in [-0.39, 0.29) is 6.61 Å². The molecule has 0 saturated heterocycles. The van der Waals surface area contributed by atoms with E-state index in [0.29, 0.717) is 17.3 Å². The van der Waals surface area contributed by atoms with Gasteiger partial charge in [0.1, 0.15) is 18.0 Å². The molecular weight excluding hydrogens is 324 g/mol. The lowest BCUT2D eigenvalue weighted by Crippen LogP contribution is -2.23. The smallest absolute Gasteiger partial charge is 0.198 e. The molecule has 0 amide bonds. The Morgan fingerprint density at radius 1 is 1.33 bits per heavy atom. The van der Waals surface area contributed by atoms with Gasteiger partial charge in [-0.1, -0.05) is 25.1 Å². The second-order valence-corrected chi connectivity index (χ2v) is 6.29. The lowest BCUT2D eigenvalue weighted by atomic mass is 10.1. The Bertz CT molecular complexity index is 909. The molecule has 0 aliphatic carbocycles. The maximum absolute atomic E-state index is 9.32. The minimum atomic E-state index is -0.122. The average Bonchev–Trinajstić information content (AvgIpc) is 3.07. The van der Waals surface area contributed by atoms with E-state index in [1.807, 2.05) is 32.3 Å². The average molecular weight is 346 g/mol. The van der Waals surface area contributed by atoms with E-state index in [4.69, 9.17) is 16.6 Å². The van der Waals surface area contributed by atoms with Crippen LogP contribution in [-0.4, -0.2) is 31.4 Å². The Morgan fingerprint density at radius 2 is 2.08 bits per heavy atom. The first-order chi connectivity index (χ1) is 11.5. The Balaban J connectivity index is 1.85. The molecule has 0 unspecified atom stereocenters. The van der Waals surface area contributed by atoms with E-state index in [1.54, 1.807) is 9.25 Å². The summed E-state index contributed by atoms with van der Waals surface area (Å²) in [7, 11) is 3.84. The Kier molecular flexibility index (Phi) is 4.84. The number of fused-ring (bicyclic) bond motifs is 1. The number of hydrogen-bond acceptors (Lipinski definition) is 5. The lowest BCUT2D eigenvalue weighted by Gasteiger charge is -2.16. The normalized spacial score (nSPS) is 11.7. The topological polar surface area (TPSA) is 59.4 Å². The molecule has 0 saturated carbocycles. The monoisotopic (exact) mass is 346 g/mol. The van der Waals surface area contributed by atoms with Crippen LogP contribution in [0.15, 0.2) is 28.7 Å². The van der Waals surface area contributed by atoms with Crippen molar-refractivity contribution in [3.8, 4) is 0 Å². The predicted octanol–water partition coefficient (Wildman–Crippen LogP) is 2.84. The van der Waals surface area contributed by atoms with E-state index in [1.165, 1.54) is 5.56 Å². The summed E-state index contributed by atoms with van der Waals surface area (Å²) in [6.07, 6.45) is 0.857. The zero-order valence-corrected chi connectivity index (χ0v) is 15.0. The summed E-state index contributed by atoms with van der Waals surface area (Å²) >= 11 is 5.38. The fourth-order valence-electron chi connectivity index (χ4n) is 2.92. The maximum Gasteiger partial charge on any atom is 0.198 e. The molecule has 2 aromatic heterocycles. The molecule has 1 aromatic carbocycles. The van der Waals surface area contributed by atoms with Gasteiger partial charge in [-0.05, 0) is 25.3 Å². The van der Waals surface area contributed by atoms with Crippen LogP contribution in [0.25, 0.3) is 11.0 Å². The highest BCUT2D eigenvalue weighted by Crippen LogP contribution is 2.27. The molecule has 0 aliphatic heterocycles. The van der Waals surface area contributed by atoms with Gasteiger partial charge >= 0.3 is 0 Å². The predicted molar refractivity (Wildman–Crippen MR) is 95.0 cm³/mol. The van der Waals surface area contributed by atoms with Crippen LogP contribution >= 0.6 is 12.2 Å². The quantitative estimate of drug-likeness (QED) is 0.696. The summed E-state index contributed by atoms with van der Waals surface area (Å²) in [6.45, 7) is 3.27. The van der Waals surface area contributed by atoms with Gasteiger partial charge in [-0.3, -0.25) is 4.90 Å². The minimum absolute atomic E-state index is 0.122. The second-order valence-electron chi connectivity index (χ2n) is 5.92. The number of aliphatic hydroxyl groups is 1.